The van der Waals surface area contributed by atoms with Gasteiger partial charge in [-0.1, -0.05) is 52.3 Å². The smallest absolute Gasteiger partial charge is 0.306 e. The zero-order valence-electron chi connectivity index (χ0n) is 24.3. The molecule has 4 aromatic rings. The van der Waals surface area contributed by atoms with Crippen LogP contribution in [0, 0.1) is 0 Å². The Bertz CT molecular complexity index is 1780. The molecule has 0 aliphatic carbocycles. The molecule has 0 saturated carbocycles. The minimum absolute atomic E-state index is 0.0297. The van der Waals surface area contributed by atoms with Crippen LogP contribution in [0.25, 0.3) is 0 Å². The van der Waals surface area contributed by atoms with Crippen molar-refractivity contribution in [3.8, 4) is 0 Å². The number of nitrogens with zero attached hydrogens (tertiary/aromatic N) is 3. The van der Waals surface area contributed by atoms with Crippen LogP contribution in [-0.4, -0.2) is 41.3 Å². The Labute approximate surface area is 277 Å². The van der Waals surface area contributed by atoms with E-state index < -0.39 is 23.7 Å². The molecular formula is C34H27BrN4O6S. The molecule has 3 amide bonds. The lowest BCUT2D eigenvalue weighted by Gasteiger charge is -2.15. The lowest BCUT2D eigenvalue weighted by molar-refractivity contribution is -0.143. The third kappa shape index (κ3) is 8.83. The molecule has 232 valence electrons. The summed E-state index contributed by atoms with van der Waals surface area (Å²) in [7, 11) is 0. The molecule has 1 aliphatic rings. The summed E-state index contributed by atoms with van der Waals surface area (Å²) >= 11 is 4.53. The Morgan fingerprint density at radius 2 is 1.54 bits per heavy atom. The second-order valence-electron chi connectivity index (χ2n) is 10.1. The minimum Gasteiger partial charge on any atom is -0.457 e. The molecule has 1 saturated heterocycles. The summed E-state index contributed by atoms with van der Waals surface area (Å²) in [6, 6.07) is 29.6. The van der Waals surface area contributed by atoms with Gasteiger partial charge in [0.05, 0.1) is 28.7 Å². The molecule has 0 aromatic heterocycles. The number of imide groups is 1. The van der Waals surface area contributed by atoms with Gasteiger partial charge in [0, 0.05) is 33.5 Å². The number of carbonyl (C=O) groups is 5. The number of carbonyl (C=O) groups excluding carboxylic acids is 5. The average molecular weight is 700 g/mol. The molecule has 46 heavy (non-hydrogen) atoms. The molecule has 1 aliphatic heterocycles. The predicted octanol–water partition coefficient (Wildman–Crippen LogP) is 7.43. The van der Waals surface area contributed by atoms with Crippen LogP contribution in [0.15, 0.2) is 123 Å². The summed E-state index contributed by atoms with van der Waals surface area (Å²) in [5.41, 5.74) is 2.64. The number of ketones is 1. The number of hydrogen-bond donors (Lipinski definition) is 1. The molecule has 1 atom stereocenters. The minimum atomic E-state index is -0.662. The van der Waals surface area contributed by atoms with Crippen LogP contribution in [0.4, 0.5) is 22.7 Å². The van der Waals surface area contributed by atoms with Gasteiger partial charge < -0.3 is 10.1 Å². The summed E-state index contributed by atoms with van der Waals surface area (Å²) in [5, 5.41) is 10.5. The Hall–Kier alpha value is -4.94. The number of ether oxygens (including phenoxy) is 1. The van der Waals surface area contributed by atoms with E-state index in [1.165, 1.54) is 16.7 Å². The first-order valence-corrected chi connectivity index (χ1v) is 15.9. The maximum absolute atomic E-state index is 13.2. The van der Waals surface area contributed by atoms with Crippen LogP contribution in [0.5, 0.6) is 0 Å². The van der Waals surface area contributed by atoms with Gasteiger partial charge in [0.15, 0.2) is 12.4 Å². The van der Waals surface area contributed by atoms with Crippen LogP contribution in [0.3, 0.4) is 0 Å². The number of nitrogens with one attached hydrogen (secondary N) is 1. The monoisotopic (exact) mass is 698 g/mol. The maximum atomic E-state index is 13.2. The van der Waals surface area contributed by atoms with Gasteiger partial charge >= 0.3 is 5.97 Å². The molecule has 1 heterocycles. The van der Waals surface area contributed by atoms with Crippen molar-refractivity contribution in [1.29, 1.82) is 0 Å². The first-order chi connectivity index (χ1) is 22.2. The second kappa shape index (κ2) is 15.4. The summed E-state index contributed by atoms with van der Waals surface area (Å²) in [6.07, 6.45) is -0.305. The molecule has 5 rings (SSSR count). The largest absolute Gasteiger partial charge is 0.457 e. The SMILES string of the molecule is O=C(CCC(=O)OCC(=O)c1ccc(Br)cc1)Nc1cccc(S[C@@H]2CC(=O)N(c3ccc(N=Nc4ccccc4)cc3)C2=O)c1. The Balaban J connectivity index is 1.10. The zero-order valence-corrected chi connectivity index (χ0v) is 26.7. The number of hydrogen-bond acceptors (Lipinski definition) is 9. The topological polar surface area (TPSA) is 135 Å². The molecule has 0 radical (unpaired) electrons. The molecule has 10 nitrogen and oxygen atoms in total. The molecular weight excluding hydrogens is 672 g/mol. The fourth-order valence-electron chi connectivity index (χ4n) is 4.43. The van der Waals surface area contributed by atoms with E-state index >= 15 is 0 Å². The average Bonchev–Trinajstić information content (AvgIpc) is 3.34. The van der Waals surface area contributed by atoms with Gasteiger partial charge in [-0.05, 0) is 66.7 Å². The standard InChI is InChI=1S/C34H27BrN4O6S/c35-23-11-9-22(10-12-23)29(40)21-45-33(43)18-17-31(41)36-26-7-4-8-28(19-26)46-30-20-32(42)39(34(30)44)27-15-13-25(14-16-27)38-37-24-5-2-1-3-6-24/h1-16,19,30H,17-18,20-21H2,(H,36,41)/t30-/m1/s1. The van der Waals surface area contributed by atoms with E-state index in [1.54, 1.807) is 72.8 Å². The lowest BCUT2D eigenvalue weighted by Crippen LogP contribution is -2.31. The van der Waals surface area contributed by atoms with Gasteiger partial charge in [-0.2, -0.15) is 10.2 Å². The normalized spacial score (nSPS) is 14.5. The highest BCUT2D eigenvalue weighted by Gasteiger charge is 2.40. The number of thioether (sulfide) groups is 1. The molecule has 4 aromatic carbocycles. The first kappa shape index (κ1) is 32.5. The lowest BCUT2D eigenvalue weighted by atomic mass is 10.1. The van der Waals surface area contributed by atoms with Gasteiger partial charge in [-0.3, -0.25) is 24.0 Å². The van der Waals surface area contributed by atoms with Crippen molar-refractivity contribution in [2.45, 2.75) is 29.4 Å². The summed E-state index contributed by atoms with van der Waals surface area (Å²) in [5.74, 6) is -2.06. The number of azo groups is 1. The highest BCUT2D eigenvalue weighted by atomic mass is 79.9. The molecule has 1 N–H and O–H groups in total. The molecule has 12 heteroatoms. The van der Waals surface area contributed by atoms with E-state index in [0.29, 0.717) is 33.2 Å². The number of halogens is 1. The van der Waals surface area contributed by atoms with Gasteiger partial charge in [0.25, 0.3) is 0 Å². The highest BCUT2D eigenvalue weighted by molar-refractivity contribution is 9.10. The maximum Gasteiger partial charge on any atom is 0.306 e. The van der Waals surface area contributed by atoms with Crippen molar-refractivity contribution in [2.75, 3.05) is 16.8 Å². The van der Waals surface area contributed by atoms with E-state index in [-0.39, 0.29) is 36.9 Å². The van der Waals surface area contributed by atoms with Gasteiger partial charge in [-0.25, -0.2) is 4.90 Å². The second-order valence-corrected chi connectivity index (χ2v) is 12.3. The van der Waals surface area contributed by atoms with Crippen molar-refractivity contribution in [3.63, 3.8) is 0 Å². The summed E-state index contributed by atoms with van der Waals surface area (Å²) in [6.45, 7) is -0.409. The zero-order chi connectivity index (χ0) is 32.5. The third-order valence-corrected chi connectivity index (χ3v) is 8.44. The number of esters is 1. The first-order valence-electron chi connectivity index (χ1n) is 14.2. The van der Waals surface area contributed by atoms with Crippen molar-refractivity contribution in [1.82, 2.24) is 0 Å². The highest BCUT2D eigenvalue weighted by Crippen LogP contribution is 2.35. The number of anilines is 2. The van der Waals surface area contributed by atoms with Gasteiger partial charge in [-0.15, -0.1) is 11.8 Å². The van der Waals surface area contributed by atoms with Crippen LogP contribution in [0.1, 0.15) is 29.6 Å². The summed E-state index contributed by atoms with van der Waals surface area (Å²) < 4.78 is 5.84. The Morgan fingerprint density at radius 3 is 2.26 bits per heavy atom. The fraction of sp³-hybridized carbons (Fsp3) is 0.147. The van der Waals surface area contributed by atoms with E-state index in [9.17, 15) is 24.0 Å². The molecule has 0 bridgehead atoms. The van der Waals surface area contributed by atoms with E-state index in [0.717, 1.165) is 4.47 Å². The van der Waals surface area contributed by atoms with E-state index in [4.69, 9.17) is 4.74 Å². The van der Waals surface area contributed by atoms with Gasteiger partial charge in [0.1, 0.15) is 0 Å². The number of rotatable bonds is 12. The van der Waals surface area contributed by atoms with Crippen LogP contribution < -0.4 is 10.2 Å². The quantitative estimate of drug-likeness (QED) is 0.0703. The number of benzene rings is 4. The van der Waals surface area contributed by atoms with Crippen LogP contribution in [-0.2, 0) is 23.9 Å². The van der Waals surface area contributed by atoms with Crippen molar-refractivity contribution in [3.05, 3.63) is 113 Å². The van der Waals surface area contributed by atoms with Crippen LogP contribution >= 0.6 is 27.7 Å². The van der Waals surface area contributed by atoms with Crippen LogP contribution in [0.2, 0.25) is 0 Å². The van der Waals surface area contributed by atoms with Gasteiger partial charge in [0.2, 0.25) is 17.7 Å². The Kier molecular flexibility index (Phi) is 10.8. The number of amides is 3. The summed E-state index contributed by atoms with van der Waals surface area (Å²) in [4.78, 5) is 64.7. The Morgan fingerprint density at radius 1 is 0.848 bits per heavy atom. The molecule has 0 spiro atoms. The van der Waals surface area contributed by atoms with E-state index in [1.807, 2.05) is 30.3 Å². The molecule has 0 unspecified atom stereocenters. The van der Waals surface area contributed by atoms with Crippen molar-refractivity contribution >= 4 is 79.9 Å². The predicted molar refractivity (Wildman–Crippen MR) is 178 cm³/mol. The van der Waals surface area contributed by atoms with E-state index in [2.05, 4.69) is 31.5 Å². The van der Waals surface area contributed by atoms with Crippen molar-refractivity contribution < 1.29 is 28.7 Å². The third-order valence-electron chi connectivity index (χ3n) is 6.73. The molecule has 1 fully saturated rings. The fourth-order valence-corrected chi connectivity index (χ4v) is 5.81. The number of Topliss-reactive ketones (excluding diaryl/α,β-unsaturated/α-hetero) is 1. The van der Waals surface area contributed by atoms with Crippen molar-refractivity contribution in [2.24, 2.45) is 10.2 Å².